The van der Waals surface area contributed by atoms with Crippen molar-refractivity contribution >= 4 is 18.2 Å². The molecule has 27 heavy (non-hydrogen) atoms. The molecule has 0 bridgehead atoms. The van der Waals surface area contributed by atoms with Crippen molar-refractivity contribution in [3.8, 4) is 11.4 Å². The summed E-state index contributed by atoms with van der Waals surface area (Å²) in [5, 5.41) is 4.83. The molecule has 0 radical (unpaired) electrons. The van der Waals surface area contributed by atoms with Gasteiger partial charge in [-0.1, -0.05) is 0 Å². The van der Waals surface area contributed by atoms with Gasteiger partial charge in [0.15, 0.2) is 10.6 Å². The lowest BCUT2D eigenvalue weighted by Crippen LogP contribution is -2.40. The topological polar surface area (TPSA) is 65.2 Å². The minimum absolute atomic E-state index is 0.0574. The molecule has 2 aromatic heterocycles. The molecule has 144 valence electrons. The average molecular weight is 388 g/mol. The Bertz CT molecular complexity index is 859. The number of nitrogens with zero attached hydrogens (tertiary/aromatic N) is 5. The second-order valence-electron chi connectivity index (χ2n) is 7.25. The molecule has 2 aromatic rings. The molecule has 1 atom stereocenters. The molecule has 1 aliphatic heterocycles. The predicted molar refractivity (Wildman–Crippen MR) is 103 cm³/mol. The summed E-state index contributed by atoms with van der Waals surface area (Å²) in [6.07, 6.45) is 7.72. The maximum absolute atomic E-state index is 12.1. The second kappa shape index (κ2) is 7.90. The van der Waals surface area contributed by atoms with Gasteiger partial charge in [0.1, 0.15) is 0 Å². The molecule has 1 aliphatic carbocycles. The Balaban J connectivity index is 1.56. The maximum Gasteiger partial charge on any atom is 0.310 e. The van der Waals surface area contributed by atoms with E-state index in [0.29, 0.717) is 25.9 Å². The molecule has 2 aliphatic rings. The molecule has 4 rings (SSSR count). The first-order valence-electron chi connectivity index (χ1n) is 9.66. The van der Waals surface area contributed by atoms with Crippen molar-refractivity contribution < 1.29 is 9.53 Å². The third-order valence-electron chi connectivity index (χ3n) is 5.18. The van der Waals surface area contributed by atoms with E-state index in [-0.39, 0.29) is 11.9 Å². The number of esters is 1. The fraction of sp³-hybridized carbons (Fsp3) is 0.579. The lowest BCUT2D eigenvalue weighted by molar-refractivity contribution is -0.150. The van der Waals surface area contributed by atoms with E-state index in [1.807, 2.05) is 23.7 Å². The highest BCUT2D eigenvalue weighted by Gasteiger charge is 2.31. The first-order valence-corrected chi connectivity index (χ1v) is 10.1. The van der Waals surface area contributed by atoms with E-state index in [2.05, 4.69) is 14.5 Å². The van der Waals surface area contributed by atoms with Crippen LogP contribution in [0.5, 0.6) is 0 Å². The number of likely N-dealkylation sites (tertiary alicyclic amines) is 1. The molecule has 1 saturated carbocycles. The highest BCUT2D eigenvalue weighted by molar-refractivity contribution is 7.71. The minimum atomic E-state index is -0.0909. The van der Waals surface area contributed by atoms with Crippen molar-refractivity contribution in [2.75, 3.05) is 19.7 Å². The van der Waals surface area contributed by atoms with Crippen LogP contribution in [-0.4, -0.2) is 49.9 Å². The van der Waals surface area contributed by atoms with Crippen LogP contribution in [0.25, 0.3) is 11.4 Å². The number of ether oxygens (including phenoxy) is 1. The van der Waals surface area contributed by atoms with Gasteiger partial charge in [-0.3, -0.25) is 19.2 Å². The fourth-order valence-electron chi connectivity index (χ4n) is 3.70. The molecule has 0 spiro atoms. The van der Waals surface area contributed by atoms with Gasteiger partial charge in [-0.2, -0.15) is 5.10 Å². The second-order valence-corrected chi connectivity index (χ2v) is 7.62. The van der Waals surface area contributed by atoms with E-state index in [1.54, 1.807) is 12.4 Å². The molecule has 8 heteroatoms. The van der Waals surface area contributed by atoms with E-state index < -0.39 is 0 Å². The average Bonchev–Trinajstić information content (AvgIpc) is 3.48. The highest BCUT2D eigenvalue weighted by Crippen LogP contribution is 2.38. The largest absolute Gasteiger partial charge is 0.466 e. The van der Waals surface area contributed by atoms with Crippen molar-refractivity contribution in [3.63, 3.8) is 0 Å². The Hall–Kier alpha value is -2.06. The van der Waals surface area contributed by atoms with Crippen LogP contribution < -0.4 is 0 Å². The summed E-state index contributed by atoms with van der Waals surface area (Å²) < 4.78 is 10.0. The van der Waals surface area contributed by atoms with Gasteiger partial charge in [-0.05, 0) is 63.5 Å². The van der Waals surface area contributed by atoms with E-state index in [9.17, 15) is 4.79 Å². The lowest BCUT2D eigenvalue weighted by Gasteiger charge is -2.31. The van der Waals surface area contributed by atoms with Crippen molar-refractivity contribution in [2.24, 2.45) is 5.92 Å². The number of carbonyl (C=O) groups excluding carboxylic acids is 1. The summed E-state index contributed by atoms with van der Waals surface area (Å²) in [5.74, 6) is 0.758. The Morgan fingerprint density at radius 3 is 2.78 bits per heavy atom. The normalized spacial score (nSPS) is 20.6. The Kier molecular flexibility index (Phi) is 5.36. The van der Waals surface area contributed by atoms with Gasteiger partial charge in [-0.25, -0.2) is 4.68 Å². The number of pyridine rings is 1. The van der Waals surface area contributed by atoms with Crippen LogP contribution in [0.2, 0.25) is 0 Å². The third-order valence-corrected chi connectivity index (χ3v) is 5.59. The summed E-state index contributed by atoms with van der Waals surface area (Å²) in [4.78, 5) is 18.5. The molecule has 1 saturated heterocycles. The van der Waals surface area contributed by atoms with E-state index >= 15 is 0 Å². The number of piperidine rings is 1. The zero-order valence-corrected chi connectivity index (χ0v) is 16.4. The lowest BCUT2D eigenvalue weighted by atomic mass is 9.99. The zero-order valence-electron chi connectivity index (χ0n) is 15.6. The van der Waals surface area contributed by atoms with Crippen LogP contribution in [0, 0.1) is 10.7 Å². The monoisotopic (exact) mass is 387 g/mol. The Labute approximate surface area is 164 Å². The summed E-state index contributed by atoms with van der Waals surface area (Å²) >= 11 is 5.75. The minimum Gasteiger partial charge on any atom is -0.466 e. The summed E-state index contributed by atoms with van der Waals surface area (Å²) in [6.45, 7) is 4.52. The van der Waals surface area contributed by atoms with Crippen molar-refractivity contribution in [1.29, 1.82) is 0 Å². The van der Waals surface area contributed by atoms with Gasteiger partial charge >= 0.3 is 5.97 Å². The van der Waals surface area contributed by atoms with Gasteiger partial charge in [0.25, 0.3) is 0 Å². The van der Waals surface area contributed by atoms with Crippen molar-refractivity contribution in [1.82, 2.24) is 24.2 Å². The molecule has 0 amide bonds. The summed E-state index contributed by atoms with van der Waals surface area (Å²) in [6, 6.07) is 4.39. The summed E-state index contributed by atoms with van der Waals surface area (Å²) in [5.41, 5.74) is 1.03. The van der Waals surface area contributed by atoms with Crippen LogP contribution in [0.15, 0.2) is 24.5 Å². The van der Waals surface area contributed by atoms with Gasteiger partial charge in [0, 0.05) is 30.5 Å². The number of carbonyl (C=O) groups is 1. The van der Waals surface area contributed by atoms with Crippen molar-refractivity contribution in [2.45, 2.75) is 45.3 Å². The molecular formula is C19H25N5O2S. The Morgan fingerprint density at radius 1 is 1.30 bits per heavy atom. The SMILES string of the molecule is CCOC(=O)C1CCCN(Cn2nc(-c3ccncc3)n(C3CC3)c2=S)C1. The number of rotatable bonds is 6. The number of aromatic nitrogens is 4. The standard InChI is InChI=1S/C19H25N5O2S/c1-2-26-18(25)15-4-3-11-22(12-15)13-23-19(27)24(16-5-6-16)17(21-23)14-7-9-20-10-8-14/h7-10,15-16H,2-6,11-13H2,1H3. The predicted octanol–water partition coefficient (Wildman–Crippen LogP) is 3.04. The molecule has 3 heterocycles. The smallest absolute Gasteiger partial charge is 0.310 e. The fourth-order valence-corrected chi connectivity index (χ4v) is 4.03. The van der Waals surface area contributed by atoms with Gasteiger partial charge in [0.2, 0.25) is 0 Å². The molecule has 1 unspecified atom stereocenters. The molecule has 0 aromatic carbocycles. The van der Waals surface area contributed by atoms with E-state index in [4.69, 9.17) is 22.1 Å². The van der Waals surface area contributed by atoms with Crippen LogP contribution in [0.4, 0.5) is 0 Å². The number of hydrogen-bond donors (Lipinski definition) is 0. The van der Waals surface area contributed by atoms with Gasteiger partial charge < -0.3 is 4.74 Å². The van der Waals surface area contributed by atoms with Crippen LogP contribution in [-0.2, 0) is 16.2 Å². The first-order chi connectivity index (χ1) is 13.2. The Morgan fingerprint density at radius 2 is 2.07 bits per heavy atom. The third kappa shape index (κ3) is 3.96. The maximum atomic E-state index is 12.1. The molecule has 7 nitrogen and oxygen atoms in total. The van der Waals surface area contributed by atoms with Gasteiger partial charge in [0.05, 0.1) is 19.2 Å². The van der Waals surface area contributed by atoms with Crippen LogP contribution >= 0.6 is 12.2 Å². The summed E-state index contributed by atoms with van der Waals surface area (Å²) in [7, 11) is 0. The van der Waals surface area contributed by atoms with Gasteiger partial charge in [-0.15, -0.1) is 0 Å². The van der Waals surface area contributed by atoms with Crippen LogP contribution in [0.3, 0.4) is 0 Å². The van der Waals surface area contributed by atoms with Crippen molar-refractivity contribution in [3.05, 3.63) is 29.3 Å². The highest BCUT2D eigenvalue weighted by atomic mass is 32.1. The van der Waals surface area contributed by atoms with E-state index in [1.165, 1.54) is 0 Å². The molecular weight excluding hydrogens is 362 g/mol. The first kappa shape index (κ1) is 18.3. The zero-order chi connectivity index (χ0) is 18.8. The molecule has 2 fully saturated rings. The van der Waals surface area contributed by atoms with Crippen LogP contribution in [0.1, 0.15) is 38.6 Å². The number of hydrogen-bond acceptors (Lipinski definition) is 6. The quantitative estimate of drug-likeness (QED) is 0.561. The molecule has 0 N–H and O–H groups in total. The van der Waals surface area contributed by atoms with E-state index in [0.717, 1.165) is 48.4 Å².